The van der Waals surface area contributed by atoms with Crippen molar-refractivity contribution in [2.45, 2.75) is 83.4 Å². The van der Waals surface area contributed by atoms with Crippen LogP contribution in [0.5, 0.6) is 5.75 Å². The Kier molecular flexibility index (Phi) is 10.7. The molecule has 1 atom stereocenters. The van der Waals surface area contributed by atoms with Crippen molar-refractivity contribution in [2.24, 2.45) is 0 Å². The number of aromatic nitrogens is 3. The van der Waals surface area contributed by atoms with Crippen molar-refractivity contribution in [3.63, 3.8) is 0 Å². The molecule has 44 heavy (non-hydrogen) atoms. The Bertz CT molecular complexity index is 1410. The highest BCUT2D eigenvalue weighted by molar-refractivity contribution is 6.76. The van der Waals surface area contributed by atoms with Crippen LogP contribution < -0.4 is 15.4 Å². The summed E-state index contributed by atoms with van der Waals surface area (Å²) in [6.45, 7) is 9.87. The van der Waals surface area contributed by atoms with Crippen molar-refractivity contribution in [3.8, 4) is 5.75 Å². The zero-order chi connectivity index (χ0) is 31.1. The van der Waals surface area contributed by atoms with Gasteiger partial charge >= 0.3 is 0 Å². The van der Waals surface area contributed by atoms with E-state index in [9.17, 15) is 9.90 Å². The van der Waals surface area contributed by atoms with Crippen LogP contribution >= 0.6 is 0 Å². The maximum absolute atomic E-state index is 15.1. The number of nitrogens with one attached hydrogen (secondary N) is 2. The van der Waals surface area contributed by atoms with E-state index in [1.807, 2.05) is 17.2 Å². The first-order valence-electron chi connectivity index (χ1n) is 15.6. The molecular weight excluding hydrogens is 579 g/mol. The van der Waals surface area contributed by atoms with Crippen molar-refractivity contribution in [2.75, 3.05) is 31.6 Å². The van der Waals surface area contributed by atoms with Crippen molar-refractivity contribution >= 4 is 19.8 Å². The Morgan fingerprint density at radius 2 is 2.09 bits per heavy atom. The molecule has 1 aliphatic carbocycles. The number of fused-ring (bicyclic) bond motifs is 1. The minimum atomic E-state index is -1.13. The lowest BCUT2D eigenvalue weighted by Gasteiger charge is -2.31. The molecule has 3 N–H and O–H groups in total. The van der Waals surface area contributed by atoms with Crippen LogP contribution in [0.25, 0.3) is 0 Å². The van der Waals surface area contributed by atoms with E-state index in [2.05, 4.69) is 40.4 Å². The van der Waals surface area contributed by atoms with Gasteiger partial charge in [-0.05, 0) is 55.5 Å². The molecule has 238 valence electrons. The molecule has 1 amide bonds. The average Bonchev–Trinajstić information content (AvgIpc) is 3.42. The fourth-order valence-corrected chi connectivity index (χ4v) is 5.99. The van der Waals surface area contributed by atoms with Crippen LogP contribution in [-0.2, 0) is 31.0 Å². The Hall–Kier alpha value is -3.32. The molecule has 2 aromatic heterocycles. The highest BCUT2D eigenvalue weighted by Gasteiger charge is 2.23. The summed E-state index contributed by atoms with van der Waals surface area (Å²) in [4.78, 5) is 19.0. The van der Waals surface area contributed by atoms with Gasteiger partial charge in [0.1, 0.15) is 30.7 Å². The molecule has 10 nitrogen and oxygen atoms in total. The molecule has 1 fully saturated rings. The molecule has 12 heteroatoms. The number of β-amino-alcohol motifs (C(OH)–C–C–N with tert-alkyl or cyclic N) is 1. The zero-order valence-electron chi connectivity index (χ0n) is 26.0. The number of rotatable bonds is 15. The van der Waals surface area contributed by atoms with Gasteiger partial charge in [-0.15, -0.1) is 0 Å². The van der Waals surface area contributed by atoms with Crippen molar-refractivity contribution in [3.05, 3.63) is 70.9 Å². The van der Waals surface area contributed by atoms with E-state index in [1.54, 1.807) is 29.2 Å². The topological polar surface area (TPSA) is 114 Å². The predicted octanol–water partition coefficient (Wildman–Crippen LogP) is 4.42. The van der Waals surface area contributed by atoms with Crippen molar-refractivity contribution in [1.82, 2.24) is 25.0 Å². The number of pyridine rings is 1. The number of hydrogen-bond donors (Lipinski definition) is 3. The molecule has 2 aliphatic rings. The zero-order valence-corrected chi connectivity index (χ0v) is 27.0. The van der Waals surface area contributed by atoms with Crippen LogP contribution in [0.3, 0.4) is 0 Å². The maximum Gasteiger partial charge on any atom is 0.251 e. The minimum Gasteiger partial charge on any atom is -0.489 e. The lowest BCUT2D eigenvalue weighted by molar-refractivity contribution is 0.0784. The molecule has 1 saturated carbocycles. The monoisotopic (exact) mass is 624 g/mol. The second-order valence-electron chi connectivity index (χ2n) is 13.1. The summed E-state index contributed by atoms with van der Waals surface area (Å²) >= 11 is 0. The first kappa shape index (κ1) is 32.1. The number of hydrogen-bond acceptors (Lipinski definition) is 8. The van der Waals surface area contributed by atoms with Crippen LogP contribution in [0, 0.1) is 5.82 Å². The Morgan fingerprint density at radius 1 is 1.25 bits per heavy atom. The lowest BCUT2D eigenvalue weighted by Crippen LogP contribution is -2.42. The molecule has 3 aromatic rings. The van der Waals surface area contributed by atoms with E-state index in [-0.39, 0.29) is 24.9 Å². The third-order valence-electron chi connectivity index (χ3n) is 8.10. The third-order valence-corrected chi connectivity index (χ3v) is 9.80. The third kappa shape index (κ3) is 9.34. The second kappa shape index (κ2) is 14.6. The maximum atomic E-state index is 15.1. The normalized spacial score (nSPS) is 16.2. The number of ether oxygens (including phenoxy) is 2. The smallest absolute Gasteiger partial charge is 0.251 e. The van der Waals surface area contributed by atoms with E-state index in [0.717, 1.165) is 36.6 Å². The summed E-state index contributed by atoms with van der Waals surface area (Å²) in [5, 5.41) is 21.1. The Labute approximate surface area is 260 Å². The lowest BCUT2D eigenvalue weighted by atomic mass is 9.93. The SMILES string of the molecule is C[Si](C)(C)CCOCn1cc(COc2cc(F)c3c(c2)CCN(C[C@@H](O)CNC(=O)c2ccnc(NC4CCC4)c2)C3)cn1. The summed E-state index contributed by atoms with van der Waals surface area (Å²) in [7, 11) is -1.13. The fraction of sp³-hybridized carbons (Fsp3) is 0.531. The van der Waals surface area contributed by atoms with Crippen molar-refractivity contribution in [1.29, 1.82) is 0 Å². The fourth-order valence-electron chi connectivity index (χ4n) is 5.23. The number of amides is 1. The Balaban J connectivity index is 1.05. The van der Waals surface area contributed by atoms with Gasteiger partial charge in [-0.25, -0.2) is 14.1 Å². The summed E-state index contributed by atoms with van der Waals surface area (Å²) < 4.78 is 28.5. The van der Waals surface area contributed by atoms with Gasteiger partial charge in [0.05, 0.1) is 12.3 Å². The van der Waals surface area contributed by atoms with E-state index < -0.39 is 14.2 Å². The molecule has 0 bridgehead atoms. The second-order valence-corrected chi connectivity index (χ2v) is 18.7. The van der Waals surface area contributed by atoms with Crippen LogP contribution in [0.1, 0.15) is 46.3 Å². The molecular formula is C32H45FN6O4Si. The van der Waals surface area contributed by atoms with Gasteiger partial charge in [-0.3, -0.25) is 9.69 Å². The number of carbonyl (C=O) groups excluding carboxylic acids is 1. The molecule has 1 aromatic carbocycles. The summed E-state index contributed by atoms with van der Waals surface area (Å²) in [5.41, 5.74) is 2.91. The summed E-state index contributed by atoms with van der Waals surface area (Å²) in [6.07, 6.45) is 8.55. The van der Waals surface area contributed by atoms with Gasteiger partial charge in [0.25, 0.3) is 5.91 Å². The quantitative estimate of drug-likeness (QED) is 0.168. The standard InChI is InChI=1S/C32H45FN6O4Si/c1-44(2,3)12-11-42-22-39-18-23(16-36-39)21-43-28-13-24-8-10-38(20-29(24)30(33)15-28)19-27(40)17-35-32(41)25-7-9-34-31(14-25)37-26-5-4-6-26/h7,9,13-16,18,26-27,40H,4-6,8,10-12,17,19-22H2,1-3H3,(H,34,37)(H,35,41)/t27-/m0/s1. The highest BCUT2D eigenvalue weighted by Crippen LogP contribution is 2.28. The van der Waals surface area contributed by atoms with Gasteiger partial charge in [-0.1, -0.05) is 19.6 Å². The van der Waals surface area contributed by atoms with Gasteiger partial charge in [0.15, 0.2) is 0 Å². The molecule has 5 rings (SSSR count). The van der Waals surface area contributed by atoms with Gasteiger partial charge in [-0.2, -0.15) is 5.10 Å². The van der Waals surface area contributed by atoms with E-state index >= 15 is 4.39 Å². The first-order valence-corrected chi connectivity index (χ1v) is 19.3. The first-order chi connectivity index (χ1) is 21.1. The molecule has 0 unspecified atom stereocenters. The van der Waals surface area contributed by atoms with Gasteiger partial charge < -0.3 is 25.2 Å². The summed E-state index contributed by atoms with van der Waals surface area (Å²) in [5.74, 6) is 0.596. The van der Waals surface area contributed by atoms with E-state index in [1.165, 1.54) is 12.5 Å². The number of anilines is 1. The van der Waals surface area contributed by atoms with Crippen molar-refractivity contribution < 1.29 is 23.8 Å². The predicted molar refractivity (Wildman–Crippen MR) is 170 cm³/mol. The van der Waals surface area contributed by atoms with E-state index in [4.69, 9.17) is 9.47 Å². The number of halogens is 1. The summed E-state index contributed by atoms with van der Waals surface area (Å²) in [6, 6.07) is 8.25. The number of aliphatic hydroxyl groups is 1. The number of aliphatic hydroxyl groups excluding tert-OH is 1. The largest absolute Gasteiger partial charge is 0.489 e. The number of nitrogens with zero attached hydrogens (tertiary/aromatic N) is 4. The molecule has 0 spiro atoms. The Morgan fingerprint density at radius 3 is 2.86 bits per heavy atom. The van der Waals surface area contributed by atoms with Crippen LogP contribution in [-0.4, -0.2) is 77.1 Å². The van der Waals surface area contributed by atoms with Crippen LogP contribution in [0.15, 0.2) is 42.9 Å². The van der Waals surface area contributed by atoms with Gasteiger partial charge in [0, 0.05) is 82.1 Å². The number of carbonyl (C=O) groups is 1. The minimum absolute atomic E-state index is 0.104. The average molecular weight is 625 g/mol. The highest BCUT2D eigenvalue weighted by atomic mass is 28.3. The van der Waals surface area contributed by atoms with Crippen LogP contribution in [0.4, 0.5) is 10.2 Å². The van der Waals surface area contributed by atoms with E-state index in [0.29, 0.717) is 61.5 Å². The van der Waals surface area contributed by atoms with Crippen LogP contribution in [0.2, 0.25) is 25.7 Å². The molecule has 3 heterocycles. The molecule has 0 saturated heterocycles. The van der Waals surface area contributed by atoms with Gasteiger partial charge in [0.2, 0.25) is 0 Å². The number of benzene rings is 1. The molecule has 1 aliphatic heterocycles. The molecule has 0 radical (unpaired) electrons.